The molecule has 23 heavy (non-hydrogen) atoms. The molecule has 0 aliphatic carbocycles. The zero-order valence-corrected chi connectivity index (χ0v) is 15.6. The summed E-state index contributed by atoms with van der Waals surface area (Å²) in [7, 11) is 1.49. The van der Waals surface area contributed by atoms with Crippen molar-refractivity contribution in [2.24, 2.45) is 0 Å². The number of hydrogen-bond acceptors (Lipinski definition) is 5. The minimum atomic E-state index is -0.834. The van der Waals surface area contributed by atoms with Crippen LogP contribution in [0.1, 0.15) is 17.2 Å². The van der Waals surface area contributed by atoms with Crippen LogP contribution in [0.2, 0.25) is 0 Å². The highest BCUT2D eigenvalue weighted by molar-refractivity contribution is 9.11. The predicted octanol–water partition coefficient (Wildman–Crippen LogP) is 3.41. The van der Waals surface area contributed by atoms with Gasteiger partial charge in [0.1, 0.15) is 12.7 Å². The van der Waals surface area contributed by atoms with E-state index in [-0.39, 0.29) is 13.2 Å². The summed E-state index contributed by atoms with van der Waals surface area (Å²) in [4.78, 5) is 0. The van der Waals surface area contributed by atoms with Crippen molar-refractivity contribution < 1.29 is 19.7 Å². The van der Waals surface area contributed by atoms with Gasteiger partial charge in [0.25, 0.3) is 0 Å². The molecule has 0 aliphatic heterocycles. The quantitative estimate of drug-likeness (QED) is 0.592. The second kappa shape index (κ2) is 8.01. The first-order valence-corrected chi connectivity index (χ1v) is 8.38. The van der Waals surface area contributed by atoms with E-state index in [9.17, 15) is 10.2 Å². The maximum atomic E-state index is 10.3. The zero-order valence-electron chi connectivity index (χ0n) is 12.4. The van der Waals surface area contributed by atoms with E-state index >= 15 is 0 Å². The van der Waals surface area contributed by atoms with Crippen molar-refractivity contribution in [3.8, 4) is 11.5 Å². The predicted molar refractivity (Wildman–Crippen MR) is 95.6 cm³/mol. The van der Waals surface area contributed by atoms with Crippen molar-refractivity contribution in [1.82, 2.24) is 0 Å². The fourth-order valence-corrected chi connectivity index (χ4v) is 3.42. The highest BCUT2D eigenvalue weighted by Crippen LogP contribution is 2.36. The second-order valence-corrected chi connectivity index (χ2v) is 6.64. The van der Waals surface area contributed by atoms with Gasteiger partial charge in [-0.2, -0.15) is 0 Å². The summed E-state index contributed by atoms with van der Waals surface area (Å²) >= 11 is 6.78. The number of hydrogen-bond donors (Lipinski definition) is 3. The van der Waals surface area contributed by atoms with Crippen LogP contribution >= 0.6 is 31.9 Å². The molecule has 124 valence electrons. The number of nitrogens with two attached hydrogens (primary N) is 1. The van der Waals surface area contributed by atoms with Crippen molar-refractivity contribution in [3.05, 3.63) is 50.4 Å². The van der Waals surface area contributed by atoms with Crippen molar-refractivity contribution in [1.29, 1.82) is 0 Å². The minimum Gasteiger partial charge on any atom is -0.493 e. The van der Waals surface area contributed by atoms with Crippen LogP contribution < -0.4 is 15.2 Å². The third-order valence-electron chi connectivity index (χ3n) is 3.25. The average Bonchev–Trinajstić information content (AvgIpc) is 2.52. The standard InChI is InChI=1S/C16H17Br2NO4/c1-22-15-5-9(7-20)4-13(19)16(15)23-8-14(21)11-3-2-10(17)6-12(11)18/h2-6,14,20-21H,7-8,19H2,1H3. The van der Waals surface area contributed by atoms with Crippen LogP contribution in [0.4, 0.5) is 5.69 Å². The lowest BCUT2D eigenvalue weighted by Crippen LogP contribution is -2.12. The molecule has 2 rings (SSSR count). The molecule has 0 heterocycles. The number of aliphatic hydroxyl groups is 2. The molecule has 0 saturated heterocycles. The van der Waals surface area contributed by atoms with Crippen LogP contribution in [0.25, 0.3) is 0 Å². The van der Waals surface area contributed by atoms with Gasteiger partial charge in [0.15, 0.2) is 11.5 Å². The summed E-state index contributed by atoms with van der Waals surface area (Å²) in [6.45, 7) is -0.130. The van der Waals surface area contributed by atoms with Gasteiger partial charge >= 0.3 is 0 Å². The molecule has 2 aromatic carbocycles. The summed E-state index contributed by atoms with van der Waals surface area (Å²) < 4.78 is 12.6. The number of nitrogen functional groups attached to an aromatic ring is 1. The Morgan fingerprint density at radius 3 is 2.57 bits per heavy atom. The summed E-state index contributed by atoms with van der Waals surface area (Å²) in [5.41, 5.74) is 7.61. The normalized spacial score (nSPS) is 12.0. The molecule has 4 N–H and O–H groups in total. The second-order valence-electron chi connectivity index (χ2n) is 4.87. The number of rotatable bonds is 6. The fraction of sp³-hybridized carbons (Fsp3) is 0.250. The number of methoxy groups -OCH3 is 1. The Labute approximate surface area is 151 Å². The summed E-state index contributed by atoms with van der Waals surface area (Å²) in [6, 6.07) is 8.75. The van der Waals surface area contributed by atoms with Crippen molar-refractivity contribution in [2.45, 2.75) is 12.7 Å². The molecule has 0 aliphatic rings. The molecule has 0 bridgehead atoms. The Hall–Kier alpha value is -1.28. The summed E-state index contributed by atoms with van der Waals surface area (Å²) in [5, 5.41) is 19.5. The first kappa shape index (κ1) is 18.1. The summed E-state index contributed by atoms with van der Waals surface area (Å²) in [5.74, 6) is 0.758. The van der Waals surface area contributed by atoms with E-state index < -0.39 is 6.10 Å². The van der Waals surface area contributed by atoms with Crippen LogP contribution in [0.5, 0.6) is 11.5 Å². The van der Waals surface area contributed by atoms with Crippen molar-refractivity contribution in [3.63, 3.8) is 0 Å². The molecule has 1 atom stereocenters. The van der Waals surface area contributed by atoms with E-state index in [0.29, 0.717) is 28.3 Å². The Morgan fingerprint density at radius 2 is 1.96 bits per heavy atom. The van der Waals surface area contributed by atoms with Crippen LogP contribution in [-0.2, 0) is 6.61 Å². The topological polar surface area (TPSA) is 84.9 Å². The Balaban J connectivity index is 2.17. The molecular weight excluding hydrogens is 430 g/mol. The van der Waals surface area contributed by atoms with Crippen LogP contribution in [0, 0.1) is 0 Å². The van der Waals surface area contributed by atoms with Gasteiger partial charge in [-0.15, -0.1) is 0 Å². The Bertz CT molecular complexity index is 694. The lowest BCUT2D eigenvalue weighted by molar-refractivity contribution is 0.106. The van der Waals surface area contributed by atoms with E-state index in [1.165, 1.54) is 7.11 Å². The highest BCUT2D eigenvalue weighted by atomic mass is 79.9. The van der Waals surface area contributed by atoms with Gasteiger partial charge in [-0.3, -0.25) is 0 Å². The van der Waals surface area contributed by atoms with E-state index in [1.54, 1.807) is 18.2 Å². The van der Waals surface area contributed by atoms with Gasteiger partial charge in [-0.1, -0.05) is 37.9 Å². The van der Waals surface area contributed by atoms with E-state index in [4.69, 9.17) is 15.2 Å². The average molecular weight is 447 g/mol. The van der Waals surface area contributed by atoms with Gasteiger partial charge in [-0.05, 0) is 35.4 Å². The highest BCUT2D eigenvalue weighted by Gasteiger charge is 2.16. The van der Waals surface area contributed by atoms with E-state index in [1.807, 2.05) is 12.1 Å². The van der Waals surface area contributed by atoms with Gasteiger partial charge in [0.05, 0.1) is 19.4 Å². The molecule has 0 spiro atoms. The first-order chi connectivity index (χ1) is 11.0. The number of anilines is 1. The molecule has 0 aromatic heterocycles. The number of aliphatic hydroxyl groups excluding tert-OH is 2. The smallest absolute Gasteiger partial charge is 0.184 e. The molecule has 7 heteroatoms. The van der Waals surface area contributed by atoms with E-state index in [2.05, 4.69) is 31.9 Å². The van der Waals surface area contributed by atoms with Crippen molar-refractivity contribution in [2.75, 3.05) is 19.5 Å². The van der Waals surface area contributed by atoms with E-state index in [0.717, 1.165) is 8.95 Å². The molecule has 0 saturated carbocycles. The Morgan fingerprint density at radius 1 is 1.22 bits per heavy atom. The Kier molecular flexibility index (Phi) is 6.29. The first-order valence-electron chi connectivity index (χ1n) is 6.79. The number of benzene rings is 2. The van der Waals surface area contributed by atoms with Crippen LogP contribution in [-0.4, -0.2) is 23.9 Å². The maximum Gasteiger partial charge on any atom is 0.184 e. The molecule has 1 unspecified atom stereocenters. The SMILES string of the molecule is COc1cc(CO)cc(N)c1OCC(O)c1ccc(Br)cc1Br. The fourth-order valence-electron chi connectivity index (χ4n) is 2.10. The third kappa shape index (κ3) is 4.38. The zero-order chi connectivity index (χ0) is 17.0. The van der Waals surface area contributed by atoms with Gasteiger partial charge in [0.2, 0.25) is 0 Å². The third-order valence-corrected chi connectivity index (χ3v) is 4.43. The minimum absolute atomic E-state index is 0.0132. The molecule has 2 aromatic rings. The maximum absolute atomic E-state index is 10.3. The number of ether oxygens (including phenoxy) is 2. The van der Waals surface area contributed by atoms with Crippen LogP contribution in [0.3, 0.4) is 0 Å². The molecular formula is C16H17Br2NO4. The van der Waals surface area contributed by atoms with Crippen molar-refractivity contribution >= 4 is 37.5 Å². The largest absolute Gasteiger partial charge is 0.493 e. The molecule has 0 amide bonds. The van der Waals surface area contributed by atoms with Gasteiger partial charge < -0.3 is 25.4 Å². The lowest BCUT2D eigenvalue weighted by atomic mass is 10.1. The van der Waals surface area contributed by atoms with Gasteiger partial charge in [0, 0.05) is 8.95 Å². The summed E-state index contributed by atoms with van der Waals surface area (Å²) in [6.07, 6.45) is -0.834. The molecule has 0 radical (unpaired) electrons. The van der Waals surface area contributed by atoms with Crippen LogP contribution in [0.15, 0.2) is 39.3 Å². The molecule has 5 nitrogen and oxygen atoms in total. The number of halogens is 2. The van der Waals surface area contributed by atoms with Gasteiger partial charge in [-0.25, -0.2) is 0 Å². The lowest BCUT2D eigenvalue weighted by Gasteiger charge is -2.18. The monoisotopic (exact) mass is 445 g/mol. The molecule has 0 fully saturated rings.